The highest BCUT2D eigenvalue weighted by molar-refractivity contribution is 5.94. The molecule has 7 heteroatoms. The second-order valence-corrected chi connectivity index (χ2v) is 4.93. The first-order valence-corrected chi connectivity index (χ1v) is 6.56. The molecule has 2 rings (SSSR count). The maximum atomic E-state index is 12.0. The molecule has 1 heterocycles. The Labute approximate surface area is 121 Å². The number of carboxylic acid groups (broad SMARTS) is 1. The van der Waals surface area contributed by atoms with E-state index in [-0.39, 0.29) is 31.4 Å². The molecule has 0 spiro atoms. The van der Waals surface area contributed by atoms with Gasteiger partial charge in [0.05, 0.1) is 13.1 Å². The molecule has 1 aromatic rings. The van der Waals surface area contributed by atoms with Crippen LogP contribution in [0.4, 0.5) is 5.69 Å². The van der Waals surface area contributed by atoms with Crippen molar-refractivity contribution in [1.29, 1.82) is 0 Å². The van der Waals surface area contributed by atoms with Crippen LogP contribution in [0.1, 0.15) is 5.56 Å². The molecule has 3 N–H and O–H groups in total. The number of piperazine rings is 1. The van der Waals surface area contributed by atoms with Crippen molar-refractivity contribution >= 4 is 23.5 Å². The van der Waals surface area contributed by atoms with Gasteiger partial charge in [-0.05, 0) is 18.6 Å². The number of hydrogen-bond donors (Lipinski definition) is 3. The molecule has 1 saturated heterocycles. The van der Waals surface area contributed by atoms with Gasteiger partial charge in [0.2, 0.25) is 11.8 Å². The SMILES string of the molecule is Cc1ccccc1NC(=O)CN1CC(=O)NCC1C(=O)O. The number of carboxylic acids is 1. The largest absolute Gasteiger partial charge is 0.480 e. The number of aliphatic carboxylic acids is 1. The van der Waals surface area contributed by atoms with Gasteiger partial charge in [0.15, 0.2) is 0 Å². The minimum atomic E-state index is -1.06. The number of carbonyl (C=O) groups excluding carboxylic acids is 2. The lowest BCUT2D eigenvalue weighted by molar-refractivity contribution is -0.146. The van der Waals surface area contributed by atoms with Crippen LogP contribution in [0.5, 0.6) is 0 Å². The zero-order chi connectivity index (χ0) is 15.4. The first kappa shape index (κ1) is 15.0. The smallest absolute Gasteiger partial charge is 0.322 e. The Morgan fingerprint density at radius 2 is 2.14 bits per heavy atom. The highest BCUT2D eigenvalue weighted by atomic mass is 16.4. The lowest BCUT2D eigenvalue weighted by Crippen LogP contribution is -2.58. The number of nitrogens with one attached hydrogen (secondary N) is 2. The maximum Gasteiger partial charge on any atom is 0.322 e. The van der Waals surface area contributed by atoms with Crippen molar-refractivity contribution in [3.63, 3.8) is 0 Å². The zero-order valence-electron chi connectivity index (χ0n) is 11.6. The van der Waals surface area contributed by atoms with Gasteiger partial charge in [-0.2, -0.15) is 0 Å². The number of nitrogens with zero attached hydrogens (tertiary/aromatic N) is 1. The van der Waals surface area contributed by atoms with Crippen LogP contribution in [0.2, 0.25) is 0 Å². The van der Waals surface area contributed by atoms with Crippen LogP contribution in [0.3, 0.4) is 0 Å². The normalized spacial score (nSPS) is 18.9. The zero-order valence-corrected chi connectivity index (χ0v) is 11.6. The summed E-state index contributed by atoms with van der Waals surface area (Å²) in [7, 11) is 0. The second-order valence-electron chi connectivity index (χ2n) is 4.93. The lowest BCUT2D eigenvalue weighted by atomic mass is 10.2. The minimum absolute atomic E-state index is 0.00577. The third kappa shape index (κ3) is 3.79. The molecule has 0 saturated carbocycles. The van der Waals surface area contributed by atoms with Crippen LogP contribution < -0.4 is 10.6 Å². The van der Waals surface area contributed by atoms with Gasteiger partial charge in [0.25, 0.3) is 0 Å². The van der Waals surface area contributed by atoms with Gasteiger partial charge in [-0.25, -0.2) is 0 Å². The average Bonchev–Trinajstić information content (AvgIpc) is 2.41. The molecule has 1 aromatic carbocycles. The van der Waals surface area contributed by atoms with E-state index in [0.29, 0.717) is 5.69 Å². The summed E-state index contributed by atoms with van der Waals surface area (Å²) < 4.78 is 0. The van der Waals surface area contributed by atoms with Crippen LogP contribution in [0.15, 0.2) is 24.3 Å². The Balaban J connectivity index is 2.01. The number of para-hydroxylation sites is 1. The van der Waals surface area contributed by atoms with E-state index >= 15 is 0 Å². The summed E-state index contributed by atoms with van der Waals surface area (Å²) in [5, 5.41) is 14.3. The fraction of sp³-hybridized carbons (Fsp3) is 0.357. The van der Waals surface area contributed by atoms with Crippen LogP contribution >= 0.6 is 0 Å². The molecule has 7 nitrogen and oxygen atoms in total. The maximum absolute atomic E-state index is 12.0. The molecule has 1 fully saturated rings. The Kier molecular flexibility index (Phi) is 4.54. The quantitative estimate of drug-likeness (QED) is 0.714. The van der Waals surface area contributed by atoms with E-state index in [9.17, 15) is 14.4 Å². The lowest BCUT2D eigenvalue weighted by Gasteiger charge is -2.31. The number of benzene rings is 1. The predicted octanol–water partition coefficient (Wildman–Crippen LogP) is -0.181. The van der Waals surface area contributed by atoms with Gasteiger partial charge in [-0.3, -0.25) is 19.3 Å². The molecule has 21 heavy (non-hydrogen) atoms. The topological polar surface area (TPSA) is 98.7 Å². The Hall–Kier alpha value is -2.41. The van der Waals surface area contributed by atoms with Crippen molar-refractivity contribution in [2.24, 2.45) is 0 Å². The monoisotopic (exact) mass is 291 g/mol. The summed E-state index contributed by atoms with van der Waals surface area (Å²) in [5.74, 6) is -1.68. The van der Waals surface area contributed by atoms with Gasteiger partial charge in [-0.1, -0.05) is 18.2 Å². The van der Waals surface area contributed by atoms with Crippen LogP contribution in [0.25, 0.3) is 0 Å². The van der Waals surface area contributed by atoms with Crippen molar-refractivity contribution in [3.8, 4) is 0 Å². The Morgan fingerprint density at radius 3 is 2.81 bits per heavy atom. The molecule has 0 aromatic heterocycles. The molecule has 1 aliphatic rings. The molecule has 1 aliphatic heterocycles. The van der Waals surface area contributed by atoms with E-state index in [1.165, 1.54) is 4.90 Å². The molecule has 112 valence electrons. The summed E-state index contributed by atoms with van der Waals surface area (Å²) in [5.41, 5.74) is 1.59. The molecule has 0 bridgehead atoms. The van der Waals surface area contributed by atoms with Crippen molar-refractivity contribution in [1.82, 2.24) is 10.2 Å². The first-order valence-electron chi connectivity index (χ1n) is 6.56. The summed E-state index contributed by atoms with van der Waals surface area (Å²) in [6.45, 7) is 1.63. The third-order valence-electron chi connectivity index (χ3n) is 3.33. The van der Waals surface area contributed by atoms with Crippen molar-refractivity contribution < 1.29 is 19.5 Å². The van der Waals surface area contributed by atoms with Crippen molar-refractivity contribution in [2.45, 2.75) is 13.0 Å². The summed E-state index contributed by atoms with van der Waals surface area (Å²) in [6.07, 6.45) is 0. The summed E-state index contributed by atoms with van der Waals surface area (Å²) >= 11 is 0. The van der Waals surface area contributed by atoms with E-state index < -0.39 is 12.0 Å². The average molecular weight is 291 g/mol. The fourth-order valence-electron chi connectivity index (χ4n) is 2.19. The Morgan fingerprint density at radius 1 is 1.43 bits per heavy atom. The fourth-order valence-corrected chi connectivity index (χ4v) is 2.19. The van der Waals surface area contributed by atoms with Crippen molar-refractivity contribution in [2.75, 3.05) is 25.0 Å². The van der Waals surface area contributed by atoms with Crippen molar-refractivity contribution in [3.05, 3.63) is 29.8 Å². The number of carbonyl (C=O) groups is 3. The molecule has 2 amide bonds. The standard InChI is InChI=1S/C14H17N3O4/c1-9-4-2-3-5-10(9)16-13(19)8-17-7-12(18)15-6-11(17)14(20)21/h2-5,11H,6-8H2,1H3,(H,15,18)(H,16,19)(H,20,21). The molecular weight excluding hydrogens is 274 g/mol. The summed E-state index contributed by atoms with van der Waals surface area (Å²) in [6, 6.07) is 6.41. The molecule has 1 atom stereocenters. The highest BCUT2D eigenvalue weighted by Gasteiger charge is 2.32. The highest BCUT2D eigenvalue weighted by Crippen LogP contribution is 2.13. The van der Waals surface area contributed by atoms with Gasteiger partial charge in [0.1, 0.15) is 6.04 Å². The van der Waals surface area contributed by atoms with Gasteiger partial charge in [0, 0.05) is 12.2 Å². The molecule has 0 aliphatic carbocycles. The molecule has 1 unspecified atom stereocenters. The number of hydrogen-bond acceptors (Lipinski definition) is 4. The molecular formula is C14H17N3O4. The van der Waals surface area contributed by atoms with E-state index in [4.69, 9.17) is 5.11 Å². The van der Waals surface area contributed by atoms with Crippen LogP contribution in [-0.4, -0.2) is 53.5 Å². The second kappa shape index (κ2) is 6.36. The number of rotatable bonds is 4. The minimum Gasteiger partial charge on any atom is -0.480 e. The number of aryl methyl sites for hydroxylation is 1. The van der Waals surface area contributed by atoms with E-state index in [2.05, 4.69) is 10.6 Å². The van der Waals surface area contributed by atoms with Crippen LogP contribution in [0, 0.1) is 6.92 Å². The van der Waals surface area contributed by atoms with Gasteiger partial charge < -0.3 is 15.7 Å². The predicted molar refractivity (Wildman–Crippen MR) is 75.8 cm³/mol. The molecule has 0 radical (unpaired) electrons. The third-order valence-corrected chi connectivity index (χ3v) is 3.33. The first-order chi connectivity index (χ1) is 9.97. The number of amides is 2. The Bertz CT molecular complexity index is 573. The van der Waals surface area contributed by atoms with Gasteiger partial charge in [-0.15, -0.1) is 0 Å². The van der Waals surface area contributed by atoms with E-state index in [0.717, 1.165) is 5.56 Å². The van der Waals surface area contributed by atoms with E-state index in [1.807, 2.05) is 19.1 Å². The van der Waals surface area contributed by atoms with E-state index in [1.54, 1.807) is 12.1 Å². The summed E-state index contributed by atoms with van der Waals surface area (Å²) in [4.78, 5) is 35.9. The van der Waals surface area contributed by atoms with Crippen LogP contribution in [-0.2, 0) is 14.4 Å². The van der Waals surface area contributed by atoms with Gasteiger partial charge >= 0.3 is 5.97 Å². The number of anilines is 1.